The van der Waals surface area contributed by atoms with E-state index in [0.29, 0.717) is 37.8 Å². The highest BCUT2D eigenvalue weighted by atomic mass is 35.5. The number of carbonyl (C=O) groups is 2. The summed E-state index contributed by atoms with van der Waals surface area (Å²) in [7, 11) is 1.36. The number of benzene rings is 2. The molecule has 1 atom stereocenters. The van der Waals surface area contributed by atoms with Crippen molar-refractivity contribution >= 4 is 51.6 Å². The number of hydrogen-bond donors (Lipinski definition) is 1. The fraction of sp³-hybridized carbons (Fsp3) is 0.226. The lowest BCUT2D eigenvalue weighted by molar-refractivity contribution is -0.115. The Bertz CT molecular complexity index is 1580. The molecule has 202 valence electrons. The lowest BCUT2D eigenvalue weighted by Crippen LogP contribution is -2.16. The molecule has 6 nitrogen and oxygen atoms in total. The van der Waals surface area contributed by atoms with E-state index in [1.165, 1.54) is 35.8 Å². The molecule has 1 aliphatic carbocycles. The van der Waals surface area contributed by atoms with Crippen molar-refractivity contribution in [2.75, 3.05) is 18.2 Å². The molecule has 9 heteroatoms. The van der Waals surface area contributed by atoms with Crippen LogP contribution in [0.15, 0.2) is 71.8 Å². The SMILES string of the molecule is COC(=O)c1c(NC(=O)CCSc2nc(-c3ccc(Cl)cc3)ccc2C#N)sc2c1CCC(c1ccccc1)C2. The summed E-state index contributed by atoms with van der Waals surface area (Å²) in [5, 5.41) is 14.3. The van der Waals surface area contributed by atoms with Gasteiger partial charge < -0.3 is 10.1 Å². The van der Waals surface area contributed by atoms with Gasteiger partial charge in [0.15, 0.2) is 0 Å². The fourth-order valence-corrected chi connectivity index (χ4v) is 7.22. The van der Waals surface area contributed by atoms with Gasteiger partial charge in [-0.3, -0.25) is 4.79 Å². The second-order valence-corrected chi connectivity index (χ2v) is 12.0. The number of ether oxygens (including phenoxy) is 1. The predicted molar refractivity (Wildman–Crippen MR) is 160 cm³/mol. The Kier molecular flexibility index (Phi) is 8.85. The summed E-state index contributed by atoms with van der Waals surface area (Å²) in [5.74, 6) is 0.167. The van der Waals surface area contributed by atoms with Gasteiger partial charge in [0.1, 0.15) is 16.1 Å². The number of carbonyl (C=O) groups excluding carboxylic acids is 2. The van der Waals surface area contributed by atoms with E-state index in [-0.39, 0.29) is 12.3 Å². The van der Waals surface area contributed by atoms with Crippen LogP contribution in [0.4, 0.5) is 5.00 Å². The quantitative estimate of drug-likeness (QED) is 0.169. The molecule has 4 aromatic rings. The first kappa shape index (κ1) is 27.9. The molecule has 0 spiro atoms. The number of thiophene rings is 1. The Morgan fingerprint density at radius 3 is 2.65 bits per heavy atom. The molecule has 1 unspecified atom stereocenters. The van der Waals surface area contributed by atoms with Crippen LogP contribution in [0.1, 0.15) is 50.7 Å². The molecule has 1 amide bonds. The highest BCUT2D eigenvalue weighted by Crippen LogP contribution is 2.43. The monoisotopic (exact) mass is 587 g/mol. The molecule has 0 aliphatic heterocycles. The Morgan fingerprint density at radius 1 is 1.15 bits per heavy atom. The maximum absolute atomic E-state index is 13.0. The van der Waals surface area contributed by atoms with Crippen molar-refractivity contribution in [1.29, 1.82) is 5.26 Å². The topological polar surface area (TPSA) is 92.1 Å². The van der Waals surface area contributed by atoms with Crippen molar-refractivity contribution in [3.63, 3.8) is 0 Å². The van der Waals surface area contributed by atoms with E-state index in [2.05, 4.69) is 28.5 Å². The van der Waals surface area contributed by atoms with E-state index in [9.17, 15) is 14.9 Å². The van der Waals surface area contributed by atoms with E-state index in [4.69, 9.17) is 16.3 Å². The standard InChI is InChI=1S/C31H26ClN3O3S2/c1-38-31(37)28-24-13-9-21(19-5-3-2-4-6-19)17-26(24)40-30(28)35-27(36)15-16-39-29-22(18-33)10-14-25(34-29)20-7-11-23(32)12-8-20/h2-8,10-12,14,21H,9,13,15-17H2,1H3,(H,35,36). The first-order valence-electron chi connectivity index (χ1n) is 12.8. The van der Waals surface area contributed by atoms with Gasteiger partial charge in [-0.25, -0.2) is 9.78 Å². The number of esters is 1. The summed E-state index contributed by atoms with van der Waals surface area (Å²) in [6, 6.07) is 23.4. The van der Waals surface area contributed by atoms with Crippen molar-refractivity contribution < 1.29 is 14.3 Å². The highest BCUT2D eigenvalue weighted by molar-refractivity contribution is 7.99. The molecule has 5 rings (SSSR count). The Hall–Kier alpha value is -3.64. The summed E-state index contributed by atoms with van der Waals surface area (Å²) >= 11 is 8.82. The van der Waals surface area contributed by atoms with Crippen LogP contribution in [-0.2, 0) is 22.4 Å². The minimum Gasteiger partial charge on any atom is -0.465 e. The number of thioether (sulfide) groups is 1. The zero-order valence-corrected chi connectivity index (χ0v) is 24.2. The van der Waals surface area contributed by atoms with Gasteiger partial charge in [-0.1, -0.05) is 54.1 Å². The van der Waals surface area contributed by atoms with Gasteiger partial charge in [-0.15, -0.1) is 23.1 Å². The Labute approximate surface area is 246 Å². The van der Waals surface area contributed by atoms with E-state index < -0.39 is 5.97 Å². The number of hydrogen-bond acceptors (Lipinski definition) is 7. The number of pyridine rings is 1. The molecular weight excluding hydrogens is 562 g/mol. The first-order chi connectivity index (χ1) is 19.5. The number of rotatable bonds is 8. The molecule has 2 heterocycles. The lowest BCUT2D eigenvalue weighted by atomic mass is 9.83. The Morgan fingerprint density at radius 2 is 1.93 bits per heavy atom. The number of halogens is 1. The maximum atomic E-state index is 13.0. The fourth-order valence-electron chi connectivity index (χ4n) is 4.85. The van der Waals surface area contributed by atoms with Gasteiger partial charge in [0.05, 0.1) is 23.9 Å². The van der Waals surface area contributed by atoms with Crippen molar-refractivity contribution in [1.82, 2.24) is 4.98 Å². The Balaban J connectivity index is 1.27. The van der Waals surface area contributed by atoms with Gasteiger partial charge in [0.25, 0.3) is 0 Å². The van der Waals surface area contributed by atoms with Crippen LogP contribution >= 0.6 is 34.7 Å². The van der Waals surface area contributed by atoms with Crippen LogP contribution in [0.2, 0.25) is 5.02 Å². The van der Waals surface area contributed by atoms with E-state index in [1.807, 2.05) is 30.3 Å². The second kappa shape index (κ2) is 12.7. The van der Waals surface area contributed by atoms with Crippen LogP contribution in [0.3, 0.4) is 0 Å². The second-order valence-electron chi connectivity index (χ2n) is 9.36. The maximum Gasteiger partial charge on any atom is 0.341 e. The van der Waals surface area contributed by atoms with Crippen molar-refractivity contribution in [2.24, 2.45) is 0 Å². The van der Waals surface area contributed by atoms with Crippen LogP contribution < -0.4 is 5.32 Å². The van der Waals surface area contributed by atoms with Crippen LogP contribution in [0.5, 0.6) is 0 Å². The molecule has 0 saturated heterocycles. The normalized spacial score (nSPS) is 14.2. The molecule has 40 heavy (non-hydrogen) atoms. The third kappa shape index (κ3) is 6.23. The number of methoxy groups -OCH3 is 1. The molecule has 0 saturated carbocycles. The number of nitriles is 1. The third-order valence-corrected chi connectivity index (χ3v) is 9.28. The molecule has 0 radical (unpaired) electrons. The lowest BCUT2D eigenvalue weighted by Gasteiger charge is -2.22. The minimum absolute atomic E-state index is 0.193. The largest absolute Gasteiger partial charge is 0.465 e. The van der Waals surface area contributed by atoms with Crippen molar-refractivity contribution in [3.8, 4) is 17.3 Å². The molecule has 1 aliphatic rings. The van der Waals surface area contributed by atoms with Crippen molar-refractivity contribution in [3.05, 3.63) is 98.9 Å². The van der Waals surface area contributed by atoms with Gasteiger partial charge >= 0.3 is 5.97 Å². The number of nitrogens with zero attached hydrogens (tertiary/aromatic N) is 2. The van der Waals surface area contributed by atoms with E-state index in [1.54, 1.807) is 24.3 Å². The van der Waals surface area contributed by atoms with Gasteiger partial charge in [0, 0.05) is 27.6 Å². The number of amides is 1. The number of anilines is 1. The van der Waals surface area contributed by atoms with Gasteiger partial charge in [-0.2, -0.15) is 5.26 Å². The molecular formula is C31H26ClN3O3S2. The average molecular weight is 588 g/mol. The number of nitrogens with one attached hydrogen (secondary N) is 1. The first-order valence-corrected chi connectivity index (χ1v) is 15.0. The summed E-state index contributed by atoms with van der Waals surface area (Å²) in [6.07, 6.45) is 2.71. The average Bonchev–Trinajstić information content (AvgIpc) is 3.34. The summed E-state index contributed by atoms with van der Waals surface area (Å²) in [4.78, 5) is 31.5. The molecule has 2 aromatic heterocycles. The van der Waals surface area contributed by atoms with Crippen LogP contribution in [0.25, 0.3) is 11.3 Å². The summed E-state index contributed by atoms with van der Waals surface area (Å²) in [6.45, 7) is 0. The van der Waals surface area contributed by atoms with Crippen molar-refractivity contribution in [2.45, 2.75) is 36.6 Å². The number of aromatic nitrogens is 1. The highest BCUT2D eigenvalue weighted by Gasteiger charge is 2.30. The van der Waals surface area contributed by atoms with Gasteiger partial charge in [-0.05, 0) is 60.6 Å². The predicted octanol–water partition coefficient (Wildman–Crippen LogP) is 7.52. The van der Waals surface area contributed by atoms with Crippen LogP contribution in [0, 0.1) is 11.3 Å². The van der Waals surface area contributed by atoms with Gasteiger partial charge in [0.2, 0.25) is 5.91 Å². The number of fused-ring (bicyclic) bond motifs is 1. The zero-order chi connectivity index (χ0) is 28.1. The summed E-state index contributed by atoms with van der Waals surface area (Å²) < 4.78 is 5.08. The summed E-state index contributed by atoms with van der Waals surface area (Å²) in [5.41, 5.74) is 4.81. The molecule has 2 aromatic carbocycles. The minimum atomic E-state index is -0.429. The molecule has 1 N–H and O–H groups in total. The zero-order valence-electron chi connectivity index (χ0n) is 21.8. The molecule has 0 bridgehead atoms. The molecule has 0 fully saturated rings. The third-order valence-electron chi connectivity index (χ3n) is 6.87. The van der Waals surface area contributed by atoms with E-state index >= 15 is 0 Å². The smallest absolute Gasteiger partial charge is 0.341 e. The van der Waals surface area contributed by atoms with E-state index in [0.717, 1.165) is 41.0 Å². The van der Waals surface area contributed by atoms with Crippen LogP contribution in [-0.4, -0.2) is 29.7 Å².